The number of pyridine rings is 1. The van der Waals surface area contributed by atoms with Gasteiger partial charge in [0, 0.05) is 35.8 Å². The summed E-state index contributed by atoms with van der Waals surface area (Å²) in [5, 5.41) is 16.0. The molecule has 10 nitrogen and oxygen atoms in total. The van der Waals surface area contributed by atoms with Gasteiger partial charge in [0.2, 0.25) is 5.91 Å². The van der Waals surface area contributed by atoms with E-state index in [0.717, 1.165) is 12.8 Å². The first-order valence-electron chi connectivity index (χ1n) is 11.0. The molecule has 0 saturated heterocycles. The maximum absolute atomic E-state index is 12.7. The van der Waals surface area contributed by atoms with Crippen LogP contribution in [0, 0.1) is 5.92 Å². The Balaban J connectivity index is 1.75. The standard InChI is InChI=1S/C20H23N7O3/c1-4-27-17-13(25-26-27)7-8-14(18(17)30-3)23-15-9-16(24-19(28)11-5-6-11)22-10-12(15)20(29)21-2/h7-11H,4-6H2,1-3H3,(H,21,29)(H2,22,23,24,28)/i2D3. The SMILES string of the molecule is [2H]C([2H])([2H])NC(=O)c1cnc(NC(=O)C2CC2)cc1Nc1ccc2nnn(CC)c2c1OC. The van der Waals surface area contributed by atoms with E-state index in [-0.39, 0.29) is 28.9 Å². The fraction of sp³-hybridized carbons (Fsp3) is 0.350. The average molecular weight is 412 g/mol. The number of carbonyl (C=O) groups excluding carboxylic acids is 2. The molecular weight excluding hydrogens is 386 g/mol. The molecule has 30 heavy (non-hydrogen) atoms. The molecule has 2 amide bonds. The van der Waals surface area contributed by atoms with E-state index in [2.05, 4.69) is 25.9 Å². The summed E-state index contributed by atoms with van der Waals surface area (Å²) in [5.41, 5.74) is 2.02. The van der Waals surface area contributed by atoms with E-state index >= 15 is 0 Å². The number of hydrogen-bond donors (Lipinski definition) is 3. The molecule has 10 heteroatoms. The van der Waals surface area contributed by atoms with Crippen molar-refractivity contribution < 1.29 is 18.4 Å². The summed E-state index contributed by atoms with van der Waals surface area (Å²) in [4.78, 5) is 29.0. The summed E-state index contributed by atoms with van der Waals surface area (Å²) in [6.07, 6.45) is 2.87. The van der Waals surface area contributed by atoms with Gasteiger partial charge in [-0.25, -0.2) is 9.67 Å². The molecule has 0 bridgehead atoms. The third kappa shape index (κ3) is 3.63. The highest BCUT2D eigenvalue weighted by molar-refractivity contribution is 6.02. The van der Waals surface area contributed by atoms with Crippen LogP contribution in [0.2, 0.25) is 0 Å². The smallest absolute Gasteiger partial charge is 0.254 e. The second-order valence-electron chi connectivity index (χ2n) is 6.88. The molecule has 1 aliphatic rings. The van der Waals surface area contributed by atoms with Crippen LogP contribution in [-0.2, 0) is 11.3 Å². The number of carbonyl (C=O) groups is 2. The Bertz CT molecular complexity index is 1220. The zero-order chi connectivity index (χ0) is 23.8. The number of hydrogen-bond acceptors (Lipinski definition) is 7. The number of benzene rings is 1. The van der Waals surface area contributed by atoms with Crippen molar-refractivity contribution in [2.24, 2.45) is 5.92 Å². The number of aryl methyl sites for hydroxylation is 1. The third-order valence-corrected chi connectivity index (χ3v) is 4.86. The zero-order valence-corrected chi connectivity index (χ0v) is 16.5. The predicted octanol–water partition coefficient (Wildman–Crippen LogP) is 2.31. The molecule has 0 atom stereocenters. The zero-order valence-electron chi connectivity index (χ0n) is 19.5. The lowest BCUT2D eigenvalue weighted by Crippen LogP contribution is -2.20. The number of rotatable bonds is 7. The monoisotopic (exact) mass is 412 g/mol. The molecule has 156 valence electrons. The maximum Gasteiger partial charge on any atom is 0.254 e. The highest BCUT2D eigenvalue weighted by Gasteiger charge is 2.30. The fourth-order valence-electron chi connectivity index (χ4n) is 3.16. The Labute approximate surface area is 177 Å². The summed E-state index contributed by atoms with van der Waals surface area (Å²) in [6.45, 7) is -0.194. The van der Waals surface area contributed by atoms with Gasteiger partial charge in [0.05, 0.1) is 24.0 Å². The molecule has 1 aliphatic carbocycles. The second kappa shape index (κ2) is 7.97. The molecular formula is C20H23N7O3. The largest absolute Gasteiger partial charge is 0.492 e. The number of amides is 2. The highest BCUT2D eigenvalue weighted by Crippen LogP contribution is 2.36. The van der Waals surface area contributed by atoms with E-state index < -0.39 is 12.9 Å². The summed E-state index contributed by atoms with van der Waals surface area (Å²) >= 11 is 0. The maximum atomic E-state index is 12.7. The lowest BCUT2D eigenvalue weighted by Gasteiger charge is -2.16. The minimum atomic E-state index is -2.68. The van der Waals surface area contributed by atoms with Crippen molar-refractivity contribution in [2.75, 3.05) is 24.7 Å². The fourth-order valence-corrected chi connectivity index (χ4v) is 3.16. The molecule has 1 saturated carbocycles. The Kier molecular flexibility index (Phi) is 4.29. The van der Waals surface area contributed by atoms with Gasteiger partial charge in [0.15, 0.2) is 5.75 Å². The number of ether oxygens (including phenoxy) is 1. The van der Waals surface area contributed by atoms with Gasteiger partial charge in [-0.3, -0.25) is 9.59 Å². The quantitative estimate of drug-likeness (QED) is 0.544. The van der Waals surface area contributed by atoms with E-state index in [1.165, 1.54) is 19.4 Å². The molecule has 1 fully saturated rings. The van der Waals surface area contributed by atoms with Gasteiger partial charge >= 0.3 is 0 Å². The van der Waals surface area contributed by atoms with Crippen molar-refractivity contribution in [3.05, 3.63) is 30.0 Å². The summed E-state index contributed by atoms with van der Waals surface area (Å²) in [5.74, 6) is -0.344. The van der Waals surface area contributed by atoms with Crippen LogP contribution in [0.5, 0.6) is 5.75 Å². The van der Waals surface area contributed by atoms with Crippen molar-refractivity contribution in [2.45, 2.75) is 26.3 Å². The van der Waals surface area contributed by atoms with E-state index in [1.807, 2.05) is 12.2 Å². The molecule has 3 N–H and O–H groups in total. The van der Waals surface area contributed by atoms with Gasteiger partial charge in [-0.05, 0) is 31.9 Å². The van der Waals surface area contributed by atoms with Gasteiger partial charge < -0.3 is 20.7 Å². The third-order valence-electron chi connectivity index (χ3n) is 4.86. The average Bonchev–Trinajstić information content (AvgIpc) is 3.52. The number of nitrogens with zero attached hydrogens (tertiary/aromatic N) is 4. The number of nitrogens with one attached hydrogen (secondary N) is 3. The Hall–Kier alpha value is -3.69. The van der Waals surface area contributed by atoms with Crippen LogP contribution in [0.3, 0.4) is 0 Å². The lowest BCUT2D eigenvalue weighted by molar-refractivity contribution is -0.117. The molecule has 2 heterocycles. The molecule has 2 aromatic heterocycles. The minimum Gasteiger partial charge on any atom is -0.492 e. The highest BCUT2D eigenvalue weighted by atomic mass is 16.5. The number of fused-ring (bicyclic) bond motifs is 1. The predicted molar refractivity (Wildman–Crippen MR) is 112 cm³/mol. The number of anilines is 3. The van der Waals surface area contributed by atoms with Crippen LogP contribution in [0.4, 0.5) is 17.2 Å². The lowest BCUT2D eigenvalue weighted by atomic mass is 10.1. The van der Waals surface area contributed by atoms with Gasteiger partial charge in [0.1, 0.15) is 16.9 Å². The first kappa shape index (κ1) is 16.1. The molecule has 1 aromatic carbocycles. The first-order valence-corrected chi connectivity index (χ1v) is 9.50. The molecule has 4 rings (SSSR count). The molecule has 0 aliphatic heterocycles. The van der Waals surface area contributed by atoms with E-state index in [9.17, 15) is 9.59 Å². The van der Waals surface area contributed by atoms with Crippen molar-refractivity contribution in [3.8, 4) is 5.75 Å². The number of methoxy groups -OCH3 is 1. The Morgan fingerprint density at radius 3 is 2.87 bits per heavy atom. The van der Waals surface area contributed by atoms with E-state index in [0.29, 0.717) is 29.0 Å². The van der Waals surface area contributed by atoms with Crippen molar-refractivity contribution in [1.82, 2.24) is 25.3 Å². The van der Waals surface area contributed by atoms with Crippen molar-refractivity contribution >= 4 is 40.0 Å². The topological polar surface area (TPSA) is 123 Å². The van der Waals surface area contributed by atoms with Crippen molar-refractivity contribution in [1.29, 1.82) is 0 Å². The second-order valence-corrected chi connectivity index (χ2v) is 6.88. The first-order chi connectivity index (χ1) is 15.7. The van der Waals surface area contributed by atoms with Gasteiger partial charge in [-0.2, -0.15) is 0 Å². The molecule has 3 aromatic rings. The van der Waals surface area contributed by atoms with E-state index in [1.54, 1.807) is 16.8 Å². The Morgan fingerprint density at radius 1 is 1.33 bits per heavy atom. The summed E-state index contributed by atoms with van der Waals surface area (Å²) < 4.78 is 29.3. The molecule has 0 spiro atoms. The Morgan fingerprint density at radius 2 is 2.17 bits per heavy atom. The normalized spacial score (nSPS) is 15.1. The van der Waals surface area contributed by atoms with Gasteiger partial charge in [0.25, 0.3) is 5.91 Å². The van der Waals surface area contributed by atoms with Gasteiger partial charge in [-0.1, -0.05) is 5.21 Å². The summed E-state index contributed by atoms with van der Waals surface area (Å²) in [7, 11) is 1.50. The van der Waals surface area contributed by atoms with Crippen LogP contribution in [0.25, 0.3) is 11.0 Å². The van der Waals surface area contributed by atoms with Crippen molar-refractivity contribution in [3.63, 3.8) is 0 Å². The van der Waals surface area contributed by atoms with Crippen LogP contribution in [0.15, 0.2) is 24.4 Å². The number of aromatic nitrogens is 4. The molecule has 0 unspecified atom stereocenters. The van der Waals surface area contributed by atoms with Crippen LogP contribution >= 0.6 is 0 Å². The summed E-state index contributed by atoms with van der Waals surface area (Å²) in [6, 6.07) is 4.94. The minimum absolute atomic E-state index is 0.0141. The van der Waals surface area contributed by atoms with Crippen LogP contribution in [0.1, 0.15) is 34.2 Å². The van der Waals surface area contributed by atoms with Crippen LogP contribution < -0.4 is 20.7 Å². The van der Waals surface area contributed by atoms with E-state index in [4.69, 9.17) is 8.85 Å². The molecule has 0 radical (unpaired) electrons. The van der Waals surface area contributed by atoms with Gasteiger partial charge in [-0.15, -0.1) is 5.10 Å². The van der Waals surface area contributed by atoms with Crippen LogP contribution in [-0.4, -0.2) is 45.9 Å².